The molecule has 0 fully saturated rings. The van der Waals surface area contributed by atoms with E-state index in [-0.39, 0.29) is 18.2 Å². The van der Waals surface area contributed by atoms with E-state index in [9.17, 15) is 9.59 Å². The predicted octanol–water partition coefficient (Wildman–Crippen LogP) is 0.946. The van der Waals surface area contributed by atoms with E-state index in [0.717, 1.165) is 0 Å². The first-order valence-corrected chi connectivity index (χ1v) is 5.62. The smallest absolute Gasteiger partial charge is 0.303 e. The third-order valence-electron chi connectivity index (χ3n) is 2.56. The van der Waals surface area contributed by atoms with Crippen LogP contribution in [0.1, 0.15) is 19.8 Å². The van der Waals surface area contributed by atoms with Gasteiger partial charge in [-0.05, 0) is 12.6 Å². The van der Waals surface area contributed by atoms with E-state index in [1.165, 1.54) is 0 Å². The fourth-order valence-corrected chi connectivity index (χ4v) is 1.56. The predicted molar refractivity (Wildman–Crippen MR) is 64.0 cm³/mol. The minimum atomic E-state index is -0.841. The summed E-state index contributed by atoms with van der Waals surface area (Å²) < 4.78 is 0. The van der Waals surface area contributed by atoms with Crippen molar-refractivity contribution in [1.82, 2.24) is 10.2 Å². The van der Waals surface area contributed by atoms with Gasteiger partial charge in [0.25, 0.3) is 0 Å². The van der Waals surface area contributed by atoms with Crippen LogP contribution in [0.3, 0.4) is 0 Å². The number of hydrogen-bond acceptors (Lipinski definition) is 3. The molecule has 2 N–H and O–H groups in total. The normalized spacial score (nSPS) is 18.8. The molecule has 0 spiro atoms. The molecular formula is C12H18N2O3. The van der Waals surface area contributed by atoms with Gasteiger partial charge in [-0.1, -0.05) is 13.0 Å². The van der Waals surface area contributed by atoms with Crippen molar-refractivity contribution in [3.63, 3.8) is 0 Å². The number of carbonyl (C=O) groups excluding carboxylic acids is 1. The lowest BCUT2D eigenvalue weighted by molar-refractivity contribution is -0.137. The number of carboxylic acid groups (broad SMARTS) is 1. The molecule has 0 aromatic rings. The molecule has 1 rings (SSSR count). The zero-order valence-corrected chi connectivity index (χ0v) is 10.1. The quantitative estimate of drug-likeness (QED) is 0.699. The zero-order chi connectivity index (χ0) is 12.8. The molecule has 1 heterocycles. The van der Waals surface area contributed by atoms with Gasteiger partial charge >= 0.3 is 5.97 Å². The molecule has 94 valence electrons. The van der Waals surface area contributed by atoms with Crippen molar-refractivity contribution in [1.29, 1.82) is 0 Å². The highest BCUT2D eigenvalue weighted by atomic mass is 16.4. The van der Waals surface area contributed by atoms with E-state index < -0.39 is 5.97 Å². The van der Waals surface area contributed by atoms with Gasteiger partial charge in [0, 0.05) is 37.7 Å². The Balaban J connectivity index is 2.39. The summed E-state index contributed by atoms with van der Waals surface area (Å²) in [5, 5.41) is 11.2. The number of allylic oxidation sites excluding steroid dienone is 1. The zero-order valence-electron chi connectivity index (χ0n) is 10.1. The summed E-state index contributed by atoms with van der Waals surface area (Å²) in [5.74, 6) is -0.878. The highest BCUT2D eigenvalue weighted by molar-refractivity contribution is 5.94. The first kappa shape index (κ1) is 13.3. The second kappa shape index (κ2) is 6.08. The van der Waals surface area contributed by atoms with Crippen LogP contribution in [0.5, 0.6) is 0 Å². The minimum absolute atomic E-state index is 0.0781. The number of aliphatic carboxylic acids is 1. The van der Waals surface area contributed by atoms with Crippen LogP contribution in [0.15, 0.2) is 24.0 Å². The van der Waals surface area contributed by atoms with E-state index in [1.54, 1.807) is 6.20 Å². The molecule has 5 heteroatoms. The molecule has 0 aromatic heterocycles. The lowest BCUT2D eigenvalue weighted by Crippen LogP contribution is -2.30. The average molecular weight is 238 g/mol. The van der Waals surface area contributed by atoms with Crippen LogP contribution in [-0.2, 0) is 9.59 Å². The summed E-state index contributed by atoms with van der Waals surface area (Å²) in [6.07, 6.45) is 6.18. The second-order valence-electron chi connectivity index (χ2n) is 4.13. The summed E-state index contributed by atoms with van der Waals surface area (Å²) >= 11 is 0. The molecule has 0 bridgehead atoms. The summed E-state index contributed by atoms with van der Waals surface area (Å²) in [6, 6.07) is 0. The van der Waals surface area contributed by atoms with Gasteiger partial charge in [0.05, 0.1) is 0 Å². The number of nitrogens with zero attached hydrogens (tertiary/aromatic N) is 1. The maximum absolute atomic E-state index is 11.8. The Morgan fingerprint density at radius 3 is 2.88 bits per heavy atom. The molecule has 0 saturated heterocycles. The SMILES string of the molecule is CC1C=CN(C)C=C1C(=O)NCCCC(=O)O. The summed E-state index contributed by atoms with van der Waals surface area (Å²) in [4.78, 5) is 23.9. The Bertz CT molecular complexity index is 361. The Labute approximate surface area is 101 Å². The number of carbonyl (C=O) groups is 2. The lowest BCUT2D eigenvalue weighted by Gasteiger charge is -2.21. The maximum Gasteiger partial charge on any atom is 0.303 e. The largest absolute Gasteiger partial charge is 0.481 e. The highest BCUT2D eigenvalue weighted by Gasteiger charge is 2.17. The standard InChI is InChI=1S/C12H18N2O3/c1-9-5-7-14(2)8-10(9)12(17)13-6-3-4-11(15)16/h5,7-9H,3-4,6H2,1-2H3,(H,13,17)(H,15,16). The lowest BCUT2D eigenvalue weighted by atomic mass is 9.99. The van der Waals surface area contributed by atoms with Gasteiger partial charge in [-0.2, -0.15) is 0 Å². The van der Waals surface area contributed by atoms with Crippen molar-refractivity contribution >= 4 is 11.9 Å². The van der Waals surface area contributed by atoms with E-state index in [0.29, 0.717) is 18.5 Å². The Hall–Kier alpha value is -1.78. The maximum atomic E-state index is 11.8. The molecule has 0 aliphatic carbocycles. The molecule has 0 radical (unpaired) electrons. The van der Waals surface area contributed by atoms with Crippen molar-refractivity contribution in [2.75, 3.05) is 13.6 Å². The van der Waals surface area contributed by atoms with E-state index >= 15 is 0 Å². The van der Waals surface area contributed by atoms with Crippen molar-refractivity contribution in [3.05, 3.63) is 24.0 Å². The van der Waals surface area contributed by atoms with Gasteiger partial charge in [0.15, 0.2) is 0 Å². The van der Waals surface area contributed by atoms with Crippen molar-refractivity contribution in [2.45, 2.75) is 19.8 Å². The number of nitrogens with one attached hydrogen (secondary N) is 1. The van der Waals surface area contributed by atoms with E-state index in [4.69, 9.17) is 5.11 Å². The number of hydrogen-bond donors (Lipinski definition) is 2. The molecule has 0 aromatic carbocycles. The van der Waals surface area contributed by atoms with Gasteiger partial charge in [0.1, 0.15) is 0 Å². The Kier molecular flexibility index (Phi) is 4.75. The molecule has 1 aliphatic rings. The van der Waals surface area contributed by atoms with Gasteiger partial charge < -0.3 is 15.3 Å². The average Bonchev–Trinajstić information content (AvgIpc) is 2.27. The molecular weight excluding hydrogens is 220 g/mol. The summed E-state index contributed by atoms with van der Waals surface area (Å²) in [5.41, 5.74) is 0.699. The Morgan fingerprint density at radius 1 is 1.53 bits per heavy atom. The number of carboxylic acids is 1. The van der Waals surface area contributed by atoms with Crippen LogP contribution in [0.25, 0.3) is 0 Å². The number of amides is 1. The van der Waals surface area contributed by atoms with Crippen LogP contribution in [0, 0.1) is 5.92 Å². The van der Waals surface area contributed by atoms with Gasteiger partial charge in [-0.25, -0.2) is 0 Å². The molecule has 1 amide bonds. The van der Waals surface area contributed by atoms with Crippen LogP contribution in [0.4, 0.5) is 0 Å². The fraction of sp³-hybridized carbons (Fsp3) is 0.500. The third kappa shape index (κ3) is 4.30. The summed E-state index contributed by atoms with van der Waals surface area (Å²) in [7, 11) is 1.86. The molecule has 1 aliphatic heterocycles. The first-order valence-electron chi connectivity index (χ1n) is 5.62. The minimum Gasteiger partial charge on any atom is -0.481 e. The van der Waals surface area contributed by atoms with Crippen molar-refractivity contribution in [3.8, 4) is 0 Å². The van der Waals surface area contributed by atoms with Crippen molar-refractivity contribution < 1.29 is 14.7 Å². The highest BCUT2D eigenvalue weighted by Crippen LogP contribution is 2.17. The monoisotopic (exact) mass is 238 g/mol. The van der Waals surface area contributed by atoms with Crippen LogP contribution in [0.2, 0.25) is 0 Å². The van der Waals surface area contributed by atoms with Crippen molar-refractivity contribution in [2.24, 2.45) is 5.92 Å². The second-order valence-corrected chi connectivity index (χ2v) is 4.13. The van der Waals surface area contributed by atoms with E-state index in [1.807, 2.05) is 31.1 Å². The van der Waals surface area contributed by atoms with Crippen LogP contribution >= 0.6 is 0 Å². The Morgan fingerprint density at radius 2 is 2.24 bits per heavy atom. The van der Waals surface area contributed by atoms with Crippen LogP contribution < -0.4 is 5.32 Å². The molecule has 1 unspecified atom stereocenters. The third-order valence-corrected chi connectivity index (χ3v) is 2.56. The first-order chi connectivity index (χ1) is 8.00. The molecule has 0 saturated carbocycles. The fourth-order valence-electron chi connectivity index (χ4n) is 1.56. The summed E-state index contributed by atoms with van der Waals surface area (Å²) in [6.45, 7) is 2.34. The van der Waals surface area contributed by atoms with E-state index in [2.05, 4.69) is 5.32 Å². The van der Waals surface area contributed by atoms with Gasteiger partial charge in [-0.15, -0.1) is 0 Å². The van der Waals surface area contributed by atoms with Gasteiger partial charge in [-0.3, -0.25) is 9.59 Å². The molecule has 5 nitrogen and oxygen atoms in total. The van der Waals surface area contributed by atoms with Crippen LogP contribution in [-0.4, -0.2) is 35.5 Å². The molecule has 17 heavy (non-hydrogen) atoms. The topological polar surface area (TPSA) is 69.6 Å². The van der Waals surface area contributed by atoms with Gasteiger partial charge in [0.2, 0.25) is 5.91 Å². The number of rotatable bonds is 5. The molecule has 1 atom stereocenters.